The molecule has 0 unspecified atom stereocenters. The third-order valence-electron chi connectivity index (χ3n) is 2.45. The highest BCUT2D eigenvalue weighted by molar-refractivity contribution is 6.29. The summed E-state index contributed by atoms with van der Waals surface area (Å²) in [5.41, 5.74) is 0.782. The number of carboxylic acids is 1. The highest BCUT2D eigenvalue weighted by Crippen LogP contribution is 2.15. The largest absolute Gasteiger partial charge is 0.478 e. The van der Waals surface area contributed by atoms with E-state index in [2.05, 4.69) is 15.3 Å². The zero-order valence-electron chi connectivity index (χ0n) is 10.4. The number of pyridine rings is 2. The second-order valence-electron chi connectivity index (χ2n) is 3.98. The molecule has 0 aliphatic rings. The second-order valence-corrected chi connectivity index (χ2v) is 4.37. The molecule has 0 saturated heterocycles. The maximum atomic E-state index is 12.1. The summed E-state index contributed by atoms with van der Waals surface area (Å²) in [6.07, 6.45) is 1.40. The molecular formula is C13H10ClN3O3. The number of carbonyl (C=O) groups is 2. The standard InChI is InChI=1S/C13H10ClN3O3/c1-7-5-8(6-10(14)16-7)12(18)17-11-9(13(19)20)3-2-4-15-11/h2-6H,1H3,(H,19,20)(H,15,17,18). The maximum Gasteiger partial charge on any atom is 0.339 e. The second kappa shape index (κ2) is 5.66. The Kier molecular flexibility index (Phi) is 3.95. The summed E-state index contributed by atoms with van der Waals surface area (Å²) in [4.78, 5) is 30.9. The summed E-state index contributed by atoms with van der Waals surface area (Å²) >= 11 is 5.78. The van der Waals surface area contributed by atoms with Crippen molar-refractivity contribution in [1.82, 2.24) is 9.97 Å². The number of aromatic carboxylic acids is 1. The zero-order valence-corrected chi connectivity index (χ0v) is 11.2. The Hall–Kier alpha value is -2.47. The predicted molar refractivity (Wildman–Crippen MR) is 73.1 cm³/mol. The third-order valence-corrected chi connectivity index (χ3v) is 2.65. The number of carboxylic acid groups (broad SMARTS) is 1. The van der Waals surface area contributed by atoms with Crippen molar-refractivity contribution in [2.75, 3.05) is 5.32 Å². The molecule has 2 aromatic heterocycles. The van der Waals surface area contributed by atoms with Crippen LogP contribution in [0.2, 0.25) is 5.15 Å². The fourth-order valence-corrected chi connectivity index (χ4v) is 1.87. The summed E-state index contributed by atoms with van der Waals surface area (Å²) in [7, 11) is 0. The normalized spacial score (nSPS) is 10.1. The molecule has 6 nitrogen and oxygen atoms in total. The topological polar surface area (TPSA) is 92.2 Å². The van der Waals surface area contributed by atoms with Crippen molar-refractivity contribution in [2.45, 2.75) is 6.92 Å². The fourth-order valence-electron chi connectivity index (χ4n) is 1.62. The molecule has 2 aromatic rings. The minimum Gasteiger partial charge on any atom is -0.478 e. The van der Waals surface area contributed by atoms with Gasteiger partial charge >= 0.3 is 5.97 Å². The minimum atomic E-state index is -1.17. The van der Waals surface area contributed by atoms with Crippen LogP contribution in [0.1, 0.15) is 26.4 Å². The van der Waals surface area contributed by atoms with Crippen LogP contribution in [0.5, 0.6) is 0 Å². The SMILES string of the molecule is Cc1cc(C(=O)Nc2ncccc2C(=O)O)cc(Cl)n1. The van der Waals surface area contributed by atoms with E-state index in [0.717, 1.165) is 0 Å². The average molecular weight is 292 g/mol. The quantitative estimate of drug-likeness (QED) is 0.847. The van der Waals surface area contributed by atoms with Crippen molar-refractivity contribution in [1.29, 1.82) is 0 Å². The van der Waals surface area contributed by atoms with Gasteiger partial charge in [-0.3, -0.25) is 4.79 Å². The van der Waals surface area contributed by atoms with Gasteiger partial charge in [0.2, 0.25) is 0 Å². The van der Waals surface area contributed by atoms with E-state index in [1.807, 2.05) is 0 Å². The molecule has 0 spiro atoms. The number of nitrogens with zero attached hydrogens (tertiary/aromatic N) is 2. The van der Waals surface area contributed by atoms with Gasteiger partial charge in [-0.15, -0.1) is 0 Å². The minimum absolute atomic E-state index is 0.0180. The van der Waals surface area contributed by atoms with Gasteiger partial charge in [-0.25, -0.2) is 14.8 Å². The molecule has 0 aromatic carbocycles. The lowest BCUT2D eigenvalue weighted by atomic mass is 10.2. The summed E-state index contributed by atoms with van der Waals surface area (Å²) in [5, 5.41) is 11.6. The van der Waals surface area contributed by atoms with Crippen molar-refractivity contribution in [3.05, 3.63) is 52.4 Å². The Labute approximate surface area is 119 Å². The van der Waals surface area contributed by atoms with E-state index >= 15 is 0 Å². The molecule has 0 atom stereocenters. The Morgan fingerprint density at radius 1 is 1.35 bits per heavy atom. The summed E-state index contributed by atoms with van der Waals surface area (Å²) in [6, 6.07) is 5.78. The van der Waals surface area contributed by atoms with Crippen LogP contribution in [-0.2, 0) is 0 Å². The number of carbonyl (C=O) groups excluding carboxylic acids is 1. The Balaban J connectivity index is 2.30. The van der Waals surface area contributed by atoms with Gasteiger partial charge in [0.25, 0.3) is 5.91 Å². The van der Waals surface area contributed by atoms with Crippen LogP contribution in [0.3, 0.4) is 0 Å². The van der Waals surface area contributed by atoms with Crippen LogP contribution in [0.25, 0.3) is 0 Å². The summed E-state index contributed by atoms with van der Waals surface area (Å²) in [6.45, 7) is 1.70. The van der Waals surface area contributed by atoms with E-state index in [-0.39, 0.29) is 22.1 Å². The molecular weight excluding hydrogens is 282 g/mol. The molecule has 0 bridgehead atoms. The number of halogens is 1. The number of aromatic nitrogens is 2. The van der Waals surface area contributed by atoms with Crippen molar-refractivity contribution in [3.8, 4) is 0 Å². The van der Waals surface area contributed by atoms with Crippen molar-refractivity contribution in [2.24, 2.45) is 0 Å². The molecule has 0 radical (unpaired) electrons. The van der Waals surface area contributed by atoms with Gasteiger partial charge in [-0.1, -0.05) is 11.6 Å². The van der Waals surface area contributed by atoms with E-state index in [1.54, 1.807) is 13.0 Å². The van der Waals surface area contributed by atoms with Crippen LogP contribution in [0, 0.1) is 6.92 Å². The van der Waals surface area contributed by atoms with E-state index in [9.17, 15) is 9.59 Å². The van der Waals surface area contributed by atoms with Gasteiger partial charge < -0.3 is 10.4 Å². The van der Waals surface area contributed by atoms with Gasteiger partial charge in [0, 0.05) is 17.5 Å². The van der Waals surface area contributed by atoms with Crippen LogP contribution < -0.4 is 5.32 Å². The number of aryl methyl sites for hydroxylation is 1. The van der Waals surface area contributed by atoms with Gasteiger partial charge in [-0.2, -0.15) is 0 Å². The van der Waals surface area contributed by atoms with Crippen LogP contribution >= 0.6 is 11.6 Å². The Bertz CT molecular complexity index is 668. The third kappa shape index (κ3) is 3.10. The van der Waals surface area contributed by atoms with Crippen molar-refractivity contribution < 1.29 is 14.7 Å². The molecule has 0 aliphatic carbocycles. The van der Waals surface area contributed by atoms with Crippen molar-refractivity contribution >= 4 is 29.3 Å². The van der Waals surface area contributed by atoms with E-state index < -0.39 is 11.9 Å². The first kappa shape index (κ1) is 14.0. The van der Waals surface area contributed by atoms with E-state index in [4.69, 9.17) is 16.7 Å². The molecule has 0 fully saturated rings. The summed E-state index contributed by atoms with van der Waals surface area (Å²) < 4.78 is 0. The van der Waals surface area contributed by atoms with Crippen LogP contribution in [0.4, 0.5) is 5.82 Å². The lowest BCUT2D eigenvalue weighted by molar-refractivity contribution is 0.0697. The van der Waals surface area contributed by atoms with E-state index in [1.165, 1.54) is 24.4 Å². The first-order chi connectivity index (χ1) is 9.47. The highest BCUT2D eigenvalue weighted by atomic mass is 35.5. The highest BCUT2D eigenvalue weighted by Gasteiger charge is 2.15. The average Bonchev–Trinajstić information content (AvgIpc) is 2.37. The number of nitrogens with one attached hydrogen (secondary N) is 1. The molecule has 2 heterocycles. The fraction of sp³-hybridized carbons (Fsp3) is 0.0769. The Morgan fingerprint density at radius 2 is 2.10 bits per heavy atom. The number of amides is 1. The zero-order chi connectivity index (χ0) is 14.7. The van der Waals surface area contributed by atoms with Crippen LogP contribution in [-0.4, -0.2) is 27.0 Å². The van der Waals surface area contributed by atoms with Crippen LogP contribution in [0.15, 0.2) is 30.5 Å². The smallest absolute Gasteiger partial charge is 0.339 e. The molecule has 102 valence electrons. The lowest BCUT2D eigenvalue weighted by Gasteiger charge is -2.07. The number of anilines is 1. The number of rotatable bonds is 3. The first-order valence-corrected chi connectivity index (χ1v) is 5.99. The van der Waals surface area contributed by atoms with Crippen molar-refractivity contribution in [3.63, 3.8) is 0 Å². The molecule has 2 N–H and O–H groups in total. The lowest BCUT2D eigenvalue weighted by Crippen LogP contribution is -2.16. The Morgan fingerprint density at radius 3 is 2.75 bits per heavy atom. The molecule has 7 heteroatoms. The maximum absolute atomic E-state index is 12.1. The van der Waals surface area contributed by atoms with Gasteiger partial charge in [0.1, 0.15) is 16.5 Å². The summed E-state index contributed by atoms with van der Waals surface area (Å²) in [5.74, 6) is -1.69. The number of hydrogen-bond acceptors (Lipinski definition) is 4. The van der Waals surface area contributed by atoms with Gasteiger partial charge in [0.05, 0.1) is 0 Å². The molecule has 20 heavy (non-hydrogen) atoms. The molecule has 0 aliphatic heterocycles. The number of hydrogen-bond donors (Lipinski definition) is 2. The van der Waals surface area contributed by atoms with Gasteiger partial charge in [0.15, 0.2) is 0 Å². The molecule has 0 saturated carbocycles. The predicted octanol–water partition coefficient (Wildman–Crippen LogP) is 2.39. The first-order valence-electron chi connectivity index (χ1n) is 5.61. The molecule has 1 amide bonds. The van der Waals surface area contributed by atoms with E-state index in [0.29, 0.717) is 5.69 Å². The monoisotopic (exact) mass is 291 g/mol. The molecule has 2 rings (SSSR count). The van der Waals surface area contributed by atoms with Gasteiger partial charge in [-0.05, 0) is 31.2 Å².